The van der Waals surface area contributed by atoms with E-state index in [0.29, 0.717) is 19.0 Å². The van der Waals surface area contributed by atoms with Gasteiger partial charge in [0, 0.05) is 0 Å². The quantitative estimate of drug-likeness (QED) is 0.782. The molecule has 6 nitrogen and oxygen atoms in total. The minimum absolute atomic E-state index is 0.0617. The number of halogens is 1. The highest BCUT2D eigenvalue weighted by Crippen LogP contribution is 2.30. The van der Waals surface area contributed by atoms with Gasteiger partial charge in [-0.05, 0) is 36.2 Å². The molecule has 0 spiro atoms. The van der Waals surface area contributed by atoms with E-state index < -0.39 is 0 Å². The Morgan fingerprint density at radius 2 is 1.83 bits per heavy atom. The van der Waals surface area contributed by atoms with Crippen LogP contribution < -0.4 is 15.4 Å². The Balaban J connectivity index is 1.32. The van der Waals surface area contributed by atoms with E-state index in [9.17, 15) is 9.18 Å². The first-order chi connectivity index (χ1) is 14.1. The molecule has 2 aliphatic rings. The van der Waals surface area contributed by atoms with Crippen molar-refractivity contribution in [2.45, 2.75) is 43.7 Å². The maximum atomic E-state index is 13.1. The van der Waals surface area contributed by atoms with Gasteiger partial charge in [0.1, 0.15) is 23.8 Å². The van der Waals surface area contributed by atoms with E-state index in [1.807, 2.05) is 37.3 Å². The van der Waals surface area contributed by atoms with Crippen molar-refractivity contribution >= 4 is 6.03 Å². The summed E-state index contributed by atoms with van der Waals surface area (Å²) in [7, 11) is 0. The van der Waals surface area contributed by atoms with Crippen LogP contribution in [0.15, 0.2) is 54.6 Å². The summed E-state index contributed by atoms with van der Waals surface area (Å²) in [5.41, 5.74) is 1.07. The van der Waals surface area contributed by atoms with E-state index >= 15 is 0 Å². The minimum Gasteiger partial charge on any atom is -0.485 e. The molecule has 2 aliphatic heterocycles. The van der Waals surface area contributed by atoms with Gasteiger partial charge in [-0.3, -0.25) is 0 Å². The van der Waals surface area contributed by atoms with E-state index in [0.717, 1.165) is 12.0 Å². The number of urea groups is 1. The zero-order valence-corrected chi connectivity index (χ0v) is 16.2. The number of nitrogens with one attached hydrogen (secondary N) is 2. The normalized spacial score (nSPS) is 26.6. The number of hydrogen-bond donors (Lipinski definition) is 2. The smallest absolute Gasteiger partial charge is 0.315 e. The van der Waals surface area contributed by atoms with Crippen LogP contribution in [0, 0.1) is 5.82 Å². The Morgan fingerprint density at radius 3 is 2.55 bits per heavy atom. The maximum Gasteiger partial charge on any atom is 0.315 e. The van der Waals surface area contributed by atoms with Gasteiger partial charge in [0.25, 0.3) is 0 Å². The molecule has 2 fully saturated rings. The average Bonchev–Trinajstić information content (AvgIpc) is 3.32. The van der Waals surface area contributed by atoms with Crippen molar-refractivity contribution in [2.24, 2.45) is 0 Å². The number of ether oxygens (including phenoxy) is 3. The molecule has 2 amide bonds. The standard InChI is InChI=1S/C22H25FN2O4/c1-2-17(14-6-4-3-5-7-14)24-22(26)25-18-12-27-21-19(13-28-20(18)21)29-16-10-8-15(23)9-11-16/h3-11,17-21H,2,12-13H2,1H3,(H2,24,25,26)/t17-,18+,19+,20-,21-/m1/s1. The minimum atomic E-state index is -0.314. The number of fused-ring (bicyclic) bond motifs is 1. The third-order valence-corrected chi connectivity index (χ3v) is 5.34. The summed E-state index contributed by atoms with van der Waals surface area (Å²) in [5.74, 6) is 0.248. The van der Waals surface area contributed by atoms with E-state index in [4.69, 9.17) is 14.2 Å². The molecule has 154 valence electrons. The van der Waals surface area contributed by atoms with Gasteiger partial charge in [0.05, 0.1) is 25.3 Å². The fraction of sp³-hybridized carbons (Fsp3) is 0.409. The molecule has 5 atom stereocenters. The molecule has 2 heterocycles. The molecule has 0 radical (unpaired) electrons. The topological polar surface area (TPSA) is 68.8 Å². The molecule has 7 heteroatoms. The van der Waals surface area contributed by atoms with Gasteiger partial charge >= 0.3 is 6.03 Å². The molecule has 0 saturated carbocycles. The van der Waals surface area contributed by atoms with Crippen molar-refractivity contribution in [3.8, 4) is 5.75 Å². The molecule has 0 bridgehead atoms. The third-order valence-electron chi connectivity index (χ3n) is 5.34. The van der Waals surface area contributed by atoms with Gasteiger partial charge in [-0.15, -0.1) is 0 Å². The number of hydrogen-bond acceptors (Lipinski definition) is 4. The molecular formula is C22H25FN2O4. The first-order valence-electron chi connectivity index (χ1n) is 9.91. The summed E-state index contributed by atoms with van der Waals surface area (Å²) in [6.45, 7) is 2.74. The van der Waals surface area contributed by atoms with E-state index in [1.54, 1.807) is 12.1 Å². The van der Waals surface area contributed by atoms with Crippen LogP contribution in [0.25, 0.3) is 0 Å². The summed E-state index contributed by atoms with van der Waals surface area (Å²) in [6.07, 6.45) is -0.0631. The van der Waals surface area contributed by atoms with E-state index in [-0.39, 0.29) is 42.2 Å². The summed E-state index contributed by atoms with van der Waals surface area (Å²) in [4.78, 5) is 12.5. The highest BCUT2D eigenvalue weighted by molar-refractivity contribution is 5.75. The largest absolute Gasteiger partial charge is 0.485 e. The van der Waals surface area contributed by atoms with Crippen molar-refractivity contribution in [1.29, 1.82) is 0 Å². The molecule has 0 aliphatic carbocycles. The van der Waals surface area contributed by atoms with Crippen molar-refractivity contribution in [3.05, 3.63) is 66.0 Å². The van der Waals surface area contributed by atoms with Crippen LogP contribution in [0.2, 0.25) is 0 Å². The van der Waals surface area contributed by atoms with E-state index in [2.05, 4.69) is 10.6 Å². The molecular weight excluding hydrogens is 375 g/mol. The number of amides is 2. The SMILES string of the molecule is CC[C@@H](NC(=O)N[C@H]1CO[C@H]2[C@@H]1OC[C@@H]2Oc1ccc(F)cc1)c1ccccc1. The van der Waals surface area contributed by atoms with E-state index in [1.165, 1.54) is 12.1 Å². The number of rotatable bonds is 6. The second kappa shape index (κ2) is 8.80. The van der Waals surface area contributed by atoms with Crippen LogP contribution in [-0.4, -0.2) is 43.6 Å². The molecule has 2 N–H and O–H groups in total. The molecule has 2 aromatic rings. The van der Waals surface area contributed by atoms with Gasteiger partial charge in [0.15, 0.2) is 6.10 Å². The zero-order valence-electron chi connectivity index (χ0n) is 16.2. The molecule has 2 saturated heterocycles. The lowest BCUT2D eigenvalue weighted by molar-refractivity contribution is 0.0303. The molecule has 4 rings (SSSR count). The van der Waals surface area contributed by atoms with Gasteiger partial charge in [-0.1, -0.05) is 37.3 Å². The summed E-state index contributed by atoms with van der Waals surface area (Å²) >= 11 is 0. The summed E-state index contributed by atoms with van der Waals surface area (Å²) in [6, 6.07) is 15.2. The lowest BCUT2D eigenvalue weighted by atomic mass is 10.0. The Labute approximate surface area is 169 Å². The van der Waals surface area contributed by atoms with Gasteiger partial charge in [-0.25, -0.2) is 9.18 Å². The first-order valence-corrected chi connectivity index (χ1v) is 9.91. The first kappa shape index (κ1) is 19.7. The van der Waals surface area contributed by atoms with Crippen LogP contribution in [0.4, 0.5) is 9.18 Å². The Bertz CT molecular complexity index is 817. The molecule has 0 aromatic heterocycles. The number of carbonyl (C=O) groups is 1. The van der Waals surface area contributed by atoms with Crippen molar-refractivity contribution in [3.63, 3.8) is 0 Å². The lowest BCUT2D eigenvalue weighted by Crippen LogP contribution is -2.49. The summed E-state index contributed by atoms with van der Waals surface area (Å²) < 4.78 is 30.7. The zero-order chi connectivity index (χ0) is 20.2. The highest BCUT2D eigenvalue weighted by atomic mass is 19.1. The fourth-order valence-electron chi connectivity index (χ4n) is 3.85. The van der Waals surface area contributed by atoms with Crippen LogP contribution in [0.1, 0.15) is 24.9 Å². The summed E-state index contributed by atoms with van der Waals surface area (Å²) in [5, 5.41) is 5.99. The highest BCUT2D eigenvalue weighted by Gasteiger charge is 2.49. The Hall–Kier alpha value is -2.64. The van der Waals surface area contributed by atoms with Crippen LogP contribution >= 0.6 is 0 Å². The van der Waals surface area contributed by atoms with Crippen LogP contribution in [0.3, 0.4) is 0 Å². The van der Waals surface area contributed by atoms with Crippen molar-refractivity contribution in [1.82, 2.24) is 10.6 Å². The molecule has 2 aromatic carbocycles. The molecule has 29 heavy (non-hydrogen) atoms. The van der Waals surface area contributed by atoms with Crippen molar-refractivity contribution in [2.75, 3.05) is 13.2 Å². The number of carbonyl (C=O) groups excluding carboxylic acids is 1. The fourth-order valence-corrected chi connectivity index (χ4v) is 3.85. The Morgan fingerprint density at radius 1 is 1.10 bits per heavy atom. The van der Waals surface area contributed by atoms with Crippen LogP contribution in [-0.2, 0) is 9.47 Å². The van der Waals surface area contributed by atoms with Gasteiger partial charge < -0.3 is 24.8 Å². The van der Waals surface area contributed by atoms with Crippen molar-refractivity contribution < 1.29 is 23.4 Å². The predicted molar refractivity (Wildman–Crippen MR) is 105 cm³/mol. The van der Waals surface area contributed by atoms with Crippen LogP contribution in [0.5, 0.6) is 5.75 Å². The van der Waals surface area contributed by atoms with Gasteiger partial charge in [-0.2, -0.15) is 0 Å². The maximum absolute atomic E-state index is 13.1. The lowest BCUT2D eigenvalue weighted by Gasteiger charge is -2.22. The second-order valence-corrected chi connectivity index (χ2v) is 7.30. The second-order valence-electron chi connectivity index (χ2n) is 7.30. The number of benzene rings is 2. The van der Waals surface area contributed by atoms with Gasteiger partial charge in [0.2, 0.25) is 0 Å². The molecule has 0 unspecified atom stereocenters. The average molecular weight is 400 g/mol. The monoisotopic (exact) mass is 400 g/mol. The predicted octanol–water partition coefficient (Wildman–Crippen LogP) is 3.19. The Kier molecular flexibility index (Phi) is 5.97. The third kappa shape index (κ3) is 4.52.